The van der Waals surface area contributed by atoms with E-state index in [1.54, 1.807) is 18.5 Å². The summed E-state index contributed by atoms with van der Waals surface area (Å²) in [5.41, 5.74) is -1.20. The number of hydrogen-bond donors (Lipinski definition) is 1. The molecule has 0 amide bonds. The van der Waals surface area contributed by atoms with Crippen LogP contribution in [0.5, 0.6) is 0 Å². The van der Waals surface area contributed by atoms with Crippen molar-refractivity contribution in [2.45, 2.75) is 19.3 Å². The van der Waals surface area contributed by atoms with E-state index in [2.05, 4.69) is 20.3 Å². The third-order valence-corrected chi connectivity index (χ3v) is 2.44. The lowest BCUT2D eigenvalue weighted by Crippen LogP contribution is -2.17. The molecule has 0 saturated carbocycles. The van der Waals surface area contributed by atoms with Gasteiger partial charge in [-0.05, 0) is 12.1 Å². The first-order valence-electron chi connectivity index (χ1n) is 5.65. The predicted molar refractivity (Wildman–Crippen MR) is 61.8 cm³/mol. The second-order valence-corrected chi connectivity index (χ2v) is 3.92. The number of aromatic nitrogens is 3. The van der Waals surface area contributed by atoms with Crippen molar-refractivity contribution < 1.29 is 17.6 Å². The van der Waals surface area contributed by atoms with Crippen molar-refractivity contribution in [3.8, 4) is 0 Å². The molecule has 0 fully saturated rings. The third kappa shape index (κ3) is 3.70. The summed E-state index contributed by atoms with van der Waals surface area (Å²) in [5.74, 6) is -0.499. The zero-order valence-electron chi connectivity index (χ0n) is 10.2. The summed E-state index contributed by atoms with van der Waals surface area (Å²) in [6, 6.07) is 2.09. The van der Waals surface area contributed by atoms with Gasteiger partial charge in [0.2, 0.25) is 0 Å². The molecule has 0 atom stereocenters. The molecule has 0 aromatic carbocycles. The Morgan fingerprint density at radius 3 is 2.35 bits per heavy atom. The number of nitrogens with zero attached hydrogens (tertiary/aromatic N) is 3. The fraction of sp³-hybridized carbons (Fsp3) is 0.250. The van der Waals surface area contributed by atoms with Gasteiger partial charge in [-0.3, -0.25) is 4.98 Å². The third-order valence-electron chi connectivity index (χ3n) is 2.44. The van der Waals surface area contributed by atoms with Crippen molar-refractivity contribution >= 4 is 0 Å². The number of pyridine rings is 1. The first-order chi connectivity index (χ1) is 9.47. The second-order valence-electron chi connectivity index (χ2n) is 3.92. The first-order valence-corrected chi connectivity index (χ1v) is 5.65. The zero-order valence-corrected chi connectivity index (χ0v) is 10.2. The molecule has 2 heterocycles. The number of halogens is 4. The van der Waals surface area contributed by atoms with Gasteiger partial charge in [-0.1, -0.05) is 0 Å². The predicted octanol–water partition coefficient (Wildman–Crippen LogP) is 2.32. The summed E-state index contributed by atoms with van der Waals surface area (Å²) in [4.78, 5) is 11.4. The van der Waals surface area contributed by atoms with E-state index in [-0.39, 0.29) is 18.8 Å². The van der Waals surface area contributed by atoms with E-state index in [1.807, 2.05) is 0 Å². The summed E-state index contributed by atoms with van der Waals surface area (Å²) in [6.07, 6.45) is -0.876. The van der Waals surface area contributed by atoms with Gasteiger partial charge in [0.1, 0.15) is 11.6 Å². The molecule has 0 aliphatic rings. The van der Waals surface area contributed by atoms with Crippen LogP contribution in [0.3, 0.4) is 0 Å². The molecule has 0 unspecified atom stereocenters. The van der Waals surface area contributed by atoms with Gasteiger partial charge in [-0.15, -0.1) is 0 Å². The van der Waals surface area contributed by atoms with Gasteiger partial charge in [0.15, 0.2) is 0 Å². The number of nitrogens with one attached hydrogen (secondary N) is 1. The standard InChI is InChI=1S/C12H10F4N4/c13-9-4-8(12(14,15)16)5-20-10(9)6-17-7-11-18-2-1-3-19-11/h1-5,17H,6-7H2. The van der Waals surface area contributed by atoms with Crippen LogP contribution in [-0.4, -0.2) is 15.0 Å². The topological polar surface area (TPSA) is 50.7 Å². The van der Waals surface area contributed by atoms with E-state index in [4.69, 9.17) is 0 Å². The van der Waals surface area contributed by atoms with Gasteiger partial charge in [0, 0.05) is 25.1 Å². The highest BCUT2D eigenvalue weighted by Crippen LogP contribution is 2.29. The van der Waals surface area contributed by atoms with Crippen LogP contribution in [-0.2, 0) is 19.3 Å². The highest BCUT2D eigenvalue weighted by atomic mass is 19.4. The second kappa shape index (κ2) is 5.91. The van der Waals surface area contributed by atoms with Crippen LogP contribution in [0.15, 0.2) is 30.7 Å². The van der Waals surface area contributed by atoms with E-state index in [0.717, 1.165) is 0 Å². The molecular weight excluding hydrogens is 276 g/mol. The molecular formula is C12H10F4N4. The Bertz CT molecular complexity index is 571. The molecule has 4 nitrogen and oxygen atoms in total. The summed E-state index contributed by atoms with van der Waals surface area (Å²) in [6.45, 7) is 0.255. The molecule has 0 bridgehead atoms. The lowest BCUT2D eigenvalue weighted by atomic mass is 10.2. The number of alkyl halides is 3. The molecule has 20 heavy (non-hydrogen) atoms. The summed E-state index contributed by atoms with van der Waals surface area (Å²) < 4.78 is 50.5. The van der Waals surface area contributed by atoms with Crippen LogP contribution in [0.4, 0.5) is 17.6 Å². The molecule has 0 aliphatic heterocycles. The summed E-state index contributed by atoms with van der Waals surface area (Å²) in [5, 5.41) is 2.81. The van der Waals surface area contributed by atoms with Crippen LogP contribution in [0.1, 0.15) is 17.1 Å². The number of hydrogen-bond acceptors (Lipinski definition) is 4. The normalized spacial score (nSPS) is 11.6. The van der Waals surface area contributed by atoms with Gasteiger partial charge >= 0.3 is 6.18 Å². The average molecular weight is 286 g/mol. The fourth-order valence-electron chi connectivity index (χ4n) is 1.47. The average Bonchev–Trinajstić information content (AvgIpc) is 2.40. The Balaban J connectivity index is 1.97. The smallest absolute Gasteiger partial charge is 0.304 e. The number of rotatable bonds is 4. The molecule has 2 aromatic heterocycles. The van der Waals surface area contributed by atoms with Gasteiger partial charge < -0.3 is 5.32 Å². The van der Waals surface area contributed by atoms with Gasteiger partial charge in [0.05, 0.1) is 17.8 Å². The quantitative estimate of drug-likeness (QED) is 0.876. The molecule has 106 valence electrons. The van der Waals surface area contributed by atoms with Crippen molar-refractivity contribution in [1.29, 1.82) is 0 Å². The van der Waals surface area contributed by atoms with Crippen LogP contribution in [0, 0.1) is 5.82 Å². The van der Waals surface area contributed by atoms with E-state index >= 15 is 0 Å². The fourth-order valence-corrected chi connectivity index (χ4v) is 1.47. The lowest BCUT2D eigenvalue weighted by Gasteiger charge is -2.08. The van der Waals surface area contributed by atoms with Gasteiger partial charge in [-0.2, -0.15) is 13.2 Å². The largest absolute Gasteiger partial charge is 0.417 e. The van der Waals surface area contributed by atoms with Crippen molar-refractivity contribution in [2.24, 2.45) is 0 Å². The lowest BCUT2D eigenvalue weighted by molar-refractivity contribution is -0.138. The van der Waals surface area contributed by atoms with Crippen molar-refractivity contribution in [3.63, 3.8) is 0 Å². The maximum atomic E-state index is 13.5. The highest BCUT2D eigenvalue weighted by molar-refractivity contribution is 5.18. The van der Waals surface area contributed by atoms with Crippen molar-refractivity contribution in [3.05, 3.63) is 53.6 Å². The Morgan fingerprint density at radius 1 is 1.05 bits per heavy atom. The molecule has 0 spiro atoms. The van der Waals surface area contributed by atoms with Crippen LogP contribution < -0.4 is 5.32 Å². The maximum Gasteiger partial charge on any atom is 0.417 e. The SMILES string of the molecule is Fc1cc(C(F)(F)F)cnc1CNCc1ncccn1. The molecule has 0 aliphatic carbocycles. The van der Waals surface area contributed by atoms with Crippen LogP contribution in [0.2, 0.25) is 0 Å². The van der Waals surface area contributed by atoms with E-state index in [1.165, 1.54) is 0 Å². The van der Waals surface area contributed by atoms with E-state index in [9.17, 15) is 17.6 Å². The first kappa shape index (κ1) is 14.3. The Hall–Kier alpha value is -2.09. The van der Waals surface area contributed by atoms with Gasteiger partial charge in [0.25, 0.3) is 0 Å². The molecule has 1 N–H and O–H groups in total. The van der Waals surface area contributed by atoms with Crippen molar-refractivity contribution in [1.82, 2.24) is 20.3 Å². The Morgan fingerprint density at radius 2 is 1.75 bits per heavy atom. The van der Waals surface area contributed by atoms with Crippen molar-refractivity contribution in [2.75, 3.05) is 0 Å². The summed E-state index contributed by atoms with van der Waals surface area (Å²) in [7, 11) is 0. The summed E-state index contributed by atoms with van der Waals surface area (Å²) >= 11 is 0. The molecule has 2 aromatic rings. The molecule has 2 rings (SSSR count). The molecule has 0 radical (unpaired) electrons. The highest BCUT2D eigenvalue weighted by Gasteiger charge is 2.31. The zero-order chi connectivity index (χ0) is 14.6. The minimum Gasteiger partial charge on any atom is -0.304 e. The minimum absolute atomic E-state index is 0.0117. The monoisotopic (exact) mass is 286 g/mol. The Kier molecular flexibility index (Phi) is 4.23. The van der Waals surface area contributed by atoms with E-state index in [0.29, 0.717) is 18.1 Å². The molecule has 0 saturated heterocycles. The van der Waals surface area contributed by atoms with Crippen LogP contribution in [0.25, 0.3) is 0 Å². The minimum atomic E-state index is -4.60. The van der Waals surface area contributed by atoms with E-state index < -0.39 is 17.6 Å². The molecule has 8 heteroatoms. The Labute approximate surface area is 111 Å². The van der Waals surface area contributed by atoms with Gasteiger partial charge in [-0.25, -0.2) is 14.4 Å². The van der Waals surface area contributed by atoms with Crippen LogP contribution >= 0.6 is 0 Å². The maximum absolute atomic E-state index is 13.5.